The van der Waals surface area contributed by atoms with Crippen LogP contribution in [0.1, 0.15) is 16.7 Å². The maximum Gasteiger partial charge on any atom is 0.269 e. The lowest BCUT2D eigenvalue weighted by Gasteiger charge is -2.12. The third-order valence-corrected chi connectivity index (χ3v) is 5.72. The number of halogens is 2. The van der Waals surface area contributed by atoms with Gasteiger partial charge >= 0.3 is 0 Å². The lowest BCUT2D eigenvalue weighted by Crippen LogP contribution is -2.24. The quantitative estimate of drug-likeness (QED) is 0.150. The number of hydrogen-bond donors (Lipinski definition) is 1. The number of carbonyl (C=O) groups excluding carboxylic acids is 1. The zero-order valence-corrected chi connectivity index (χ0v) is 21.3. The Morgan fingerprint density at radius 1 is 1.08 bits per heavy atom. The van der Waals surface area contributed by atoms with Crippen molar-refractivity contribution in [3.05, 3.63) is 97.0 Å². The number of carbonyl (C=O) groups is 1. The predicted molar refractivity (Wildman–Crippen MR) is 139 cm³/mol. The molecule has 190 valence electrons. The largest absolute Gasteiger partial charge is 0.497 e. The smallest absolute Gasteiger partial charge is 0.269 e. The van der Waals surface area contributed by atoms with Crippen LogP contribution in [0.25, 0.3) is 6.08 Å². The summed E-state index contributed by atoms with van der Waals surface area (Å²) < 4.78 is 16.2. The van der Waals surface area contributed by atoms with E-state index < -0.39 is 10.8 Å². The van der Waals surface area contributed by atoms with Crippen molar-refractivity contribution in [3.63, 3.8) is 0 Å². The van der Waals surface area contributed by atoms with Gasteiger partial charge in [-0.2, -0.15) is 5.26 Å². The van der Waals surface area contributed by atoms with E-state index in [1.165, 1.54) is 44.6 Å². The Labute approximate surface area is 222 Å². The second-order valence-electron chi connectivity index (χ2n) is 7.56. The first-order valence-corrected chi connectivity index (χ1v) is 11.5. The van der Waals surface area contributed by atoms with Crippen molar-refractivity contribution in [3.8, 4) is 23.3 Å². The molecule has 0 atom stereocenters. The van der Waals surface area contributed by atoms with Crippen molar-refractivity contribution < 1.29 is 23.9 Å². The Morgan fingerprint density at radius 3 is 2.32 bits per heavy atom. The molecule has 0 unspecified atom stereocenters. The first kappa shape index (κ1) is 27.3. The van der Waals surface area contributed by atoms with Crippen LogP contribution in [0, 0.1) is 21.4 Å². The normalized spacial score (nSPS) is 10.8. The second-order valence-corrected chi connectivity index (χ2v) is 8.37. The molecule has 11 heteroatoms. The topological polar surface area (TPSA) is 124 Å². The van der Waals surface area contributed by atoms with Gasteiger partial charge in [0.05, 0.1) is 29.2 Å². The van der Waals surface area contributed by atoms with E-state index in [-0.39, 0.29) is 40.2 Å². The van der Waals surface area contributed by atoms with Gasteiger partial charge in [0.2, 0.25) is 0 Å². The third-order valence-electron chi connectivity index (χ3n) is 5.16. The van der Waals surface area contributed by atoms with Crippen LogP contribution >= 0.6 is 23.2 Å². The van der Waals surface area contributed by atoms with Gasteiger partial charge in [0.1, 0.15) is 29.7 Å². The monoisotopic (exact) mass is 541 g/mol. The fourth-order valence-corrected chi connectivity index (χ4v) is 3.87. The Bertz CT molecular complexity index is 1360. The summed E-state index contributed by atoms with van der Waals surface area (Å²) in [7, 11) is 3.05. The molecular formula is C26H21Cl2N3O6. The lowest BCUT2D eigenvalue weighted by atomic mass is 10.1. The Morgan fingerprint density at radius 2 is 1.76 bits per heavy atom. The molecule has 1 amide bonds. The molecule has 0 heterocycles. The Hall–Kier alpha value is -4.26. The Kier molecular flexibility index (Phi) is 9.33. The van der Waals surface area contributed by atoms with E-state index in [0.717, 1.165) is 0 Å². The molecule has 3 rings (SSSR count). The van der Waals surface area contributed by atoms with Gasteiger partial charge in [-0.05, 0) is 53.6 Å². The molecule has 0 saturated heterocycles. The first-order valence-electron chi connectivity index (χ1n) is 10.7. The van der Waals surface area contributed by atoms with E-state index in [2.05, 4.69) is 5.32 Å². The number of methoxy groups -OCH3 is 2. The molecule has 9 nitrogen and oxygen atoms in total. The summed E-state index contributed by atoms with van der Waals surface area (Å²) >= 11 is 12.7. The van der Waals surface area contributed by atoms with E-state index in [9.17, 15) is 20.2 Å². The number of nitro groups is 1. The average molecular weight is 542 g/mol. The summed E-state index contributed by atoms with van der Waals surface area (Å²) in [6, 6.07) is 16.0. The van der Waals surface area contributed by atoms with Crippen LogP contribution in [0.5, 0.6) is 17.2 Å². The minimum atomic E-state index is -0.592. The molecule has 1 N–H and O–H groups in total. The fraction of sp³-hybridized carbons (Fsp3) is 0.154. The van der Waals surface area contributed by atoms with Gasteiger partial charge < -0.3 is 19.5 Å². The van der Waals surface area contributed by atoms with Crippen molar-refractivity contribution in [1.29, 1.82) is 5.26 Å². The molecule has 3 aromatic rings. The number of non-ortho nitro benzene ring substituents is 1. The Balaban J connectivity index is 1.70. The molecule has 0 aliphatic heterocycles. The molecular weight excluding hydrogens is 521 g/mol. The van der Waals surface area contributed by atoms with E-state index in [1.54, 1.807) is 30.3 Å². The standard InChI is InChI=1S/C26H21Cl2N3O6/c1-35-21-8-5-18(24(12-21)36-2)14-30-26(32)19(13-29)9-17-10-22(27)25(23(28)11-17)37-15-16-3-6-20(7-4-16)31(33)34/h3-12H,14-15H2,1-2H3,(H,30,32)/b19-9+. The molecule has 0 aliphatic carbocycles. The van der Waals surface area contributed by atoms with Crippen LogP contribution in [-0.4, -0.2) is 25.1 Å². The van der Waals surface area contributed by atoms with Crippen LogP contribution in [0.4, 0.5) is 5.69 Å². The van der Waals surface area contributed by atoms with Crippen LogP contribution < -0.4 is 19.5 Å². The summed E-state index contributed by atoms with van der Waals surface area (Å²) in [6.07, 6.45) is 1.36. The number of nitrogens with zero attached hydrogens (tertiary/aromatic N) is 2. The molecule has 0 radical (unpaired) electrons. The van der Waals surface area contributed by atoms with E-state index >= 15 is 0 Å². The van der Waals surface area contributed by atoms with E-state index in [0.29, 0.717) is 28.2 Å². The maximum absolute atomic E-state index is 12.6. The minimum Gasteiger partial charge on any atom is -0.497 e. The molecule has 0 saturated carbocycles. The highest BCUT2D eigenvalue weighted by atomic mass is 35.5. The number of nitro benzene ring substituents is 1. The molecule has 3 aromatic carbocycles. The minimum absolute atomic E-state index is 0.0311. The average Bonchev–Trinajstić information content (AvgIpc) is 2.89. The maximum atomic E-state index is 12.6. The molecule has 37 heavy (non-hydrogen) atoms. The van der Waals surface area contributed by atoms with Crippen molar-refractivity contribution >= 4 is 40.9 Å². The molecule has 0 spiro atoms. The highest BCUT2D eigenvalue weighted by Crippen LogP contribution is 2.35. The molecule has 0 fully saturated rings. The van der Waals surface area contributed by atoms with Crippen LogP contribution in [0.3, 0.4) is 0 Å². The highest BCUT2D eigenvalue weighted by molar-refractivity contribution is 6.37. The summed E-state index contributed by atoms with van der Waals surface area (Å²) in [5.41, 5.74) is 1.62. The van der Waals surface area contributed by atoms with Crippen molar-refractivity contribution in [2.75, 3.05) is 14.2 Å². The van der Waals surface area contributed by atoms with Crippen molar-refractivity contribution in [1.82, 2.24) is 5.32 Å². The first-order chi connectivity index (χ1) is 17.7. The number of nitrogens with one attached hydrogen (secondary N) is 1. The SMILES string of the molecule is COc1ccc(CNC(=O)/C(C#N)=C/c2cc(Cl)c(OCc3ccc([N+](=O)[O-])cc3)c(Cl)c2)c(OC)c1. The number of hydrogen-bond acceptors (Lipinski definition) is 7. The lowest BCUT2D eigenvalue weighted by molar-refractivity contribution is -0.384. The summed E-state index contributed by atoms with van der Waals surface area (Å²) in [4.78, 5) is 22.9. The van der Waals surface area contributed by atoms with Crippen LogP contribution in [0.15, 0.2) is 60.2 Å². The molecule has 0 bridgehead atoms. The van der Waals surface area contributed by atoms with E-state index in [1.807, 2.05) is 6.07 Å². The van der Waals surface area contributed by atoms with E-state index in [4.69, 9.17) is 37.4 Å². The molecule has 0 aliphatic rings. The number of amides is 1. The van der Waals surface area contributed by atoms with Crippen LogP contribution in [-0.2, 0) is 17.9 Å². The predicted octanol–water partition coefficient (Wildman–Crippen LogP) is 5.72. The van der Waals surface area contributed by atoms with Gasteiger partial charge in [0.15, 0.2) is 5.75 Å². The number of rotatable bonds is 10. The third kappa shape index (κ3) is 7.13. The number of ether oxygens (including phenoxy) is 3. The van der Waals surface area contributed by atoms with Crippen LogP contribution in [0.2, 0.25) is 10.0 Å². The molecule has 0 aromatic heterocycles. The zero-order chi connectivity index (χ0) is 26.9. The second kappa shape index (κ2) is 12.6. The van der Waals surface area contributed by atoms with Gasteiger partial charge in [-0.15, -0.1) is 0 Å². The van der Waals surface area contributed by atoms with Gasteiger partial charge in [-0.1, -0.05) is 23.2 Å². The van der Waals surface area contributed by atoms with Gasteiger partial charge in [0.25, 0.3) is 11.6 Å². The van der Waals surface area contributed by atoms with Gasteiger partial charge in [-0.25, -0.2) is 0 Å². The van der Waals surface area contributed by atoms with Crippen molar-refractivity contribution in [2.24, 2.45) is 0 Å². The highest BCUT2D eigenvalue weighted by Gasteiger charge is 2.14. The fourth-order valence-electron chi connectivity index (χ4n) is 3.25. The summed E-state index contributed by atoms with van der Waals surface area (Å²) in [5, 5.41) is 23.3. The van der Waals surface area contributed by atoms with Gasteiger partial charge in [-0.3, -0.25) is 14.9 Å². The summed E-state index contributed by atoms with van der Waals surface area (Å²) in [5.74, 6) is 0.753. The summed E-state index contributed by atoms with van der Waals surface area (Å²) in [6.45, 7) is 0.204. The number of nitriles is 1. The van der Waals surface area contributed by atoms with Crippen molar-refractivity contribution in [2.45, 2.75) is 13.2 Å². The number of benzene rings is 3. The van der Waals surface area contributed by atoms with Gasteiger partial charge in [0, 0.05) is 30.3 Å². The zero-order valence-electron chi connectivity index (χ0n) is 19.8.